The molecule has 10 heteroatoms. The summed E-state index contributed by atoms with van der Waals surface area (Å²) in [4.78, 5) is 18.8. The third kappa shape index (κ3) is 4.97. The minimum atomic E-state index is -0.0822. The van der Waals surface area contributed by atoms with Gasteiger partial charge in [-0.2, -0.15) is 0 Å². The number of H-pyrrole nitrogens is 1. The third-order valence-corrected chi connectivity index (χ3v) is 7.81. The number of fused-ring (bicyclic) bond motifs is 2. The van der Waals surface area contributed by atoms with Crippen LogP contribution in [0.15, 0.2) is 94.3 Å². The number of hydrogen-bond acceptors (Lipinski definition) is 7. The summed E-state index contributed by atoms with van der Waals surface area (Å²) in [6, 6.07) is 25.6. The van der Waals surface area contributed by atoms with E-state index in [9.17, 15) is 4.79 Å². The van der Waals surface area contributed by atoms with Gasteiger partial charge in [0.25, 0.3) is 5.56 Å². The van der Waals surface area contributed by atoms with Gasteiger partial charge >= 0.3 is 0 Å². The van der Waals surface area contributed by atoms with E-state index in [1.807, 2.05) is 79.0 Å². The number of tetrazole rings is 1. The summed E-state index contributed by atoms with van der Waals surface area (Å²) < 4.78 is 10.1. The van der Waals surface area contributed by atoms with Crippen LogP contribution in [0.3, 0.4) is 0 Å². The van der Waals surface area contributed by atoms with E-state index < -0.39 is 0 Å². The Morgan fingerprint density at radius 3 is 2.60 bits per heavy atom. The highest BCUT2D eigenvalue weighted by Gasteiger charge is 2.18. The van der Waals surface area contributed by atoms with Crippen LogP contribution in [0, 0.1) is 0 Å². The molecule has 43 heavy (non-hydrogen) atoms. The molecule has 0 amide bonds. The lowest BCUT2D eigenvalue weighted by molar-refractivity contribution is 0.631. The van der Waals surface area contributed by atoms with Crippen molar-refractivity contribution in [2.24, 2.45) is 0 Å². The van der Waals surface area contributed by atoms with Crippen LogP contribution >= 0.6 is 0 Å². The number of aryl methyl sites for hydroxylation is 1. The van der Waals surface area contributed by atoms with Crippen molar-refractivity contribution in [1.29, 1.82) is 0 Å². The van der Waals surface area contributed by atoms with Crippen molar-refractivity contribution in [3.8, 4) is 22.7 Å². The van der Waals surface area contributed by atoms with Gasteiger partial charge in [0.05, 0.1) is 12.1 Å². The molecule has 0 radical (unpaired) electrons. The first-order valence-electron chi connectivity index (χ1n) is 14.4. The van der Waals surface area contributed by atoms with E-state index in [1.54, 1.807) is 4.57 Å². The first kappa shape index (κ1) is 26.4. The Bertz CT molecular complexity index is 2120. The van der Waals surface area contributed by atoms with Gasteiger partial charge in [-0.05, 0) is 58.3 Å². The minimum Gasteiger partial charge on any atom is -0.456 e. The summed E-state index contributed by atoms with van der Waals surface area (Å²) in [6.07, 6.45) is 4.63. The number of hydrogen-bond donors (Lipinski definition) is 2. The van der Waals surface area contributed by atoms with Gasteiger partial charge in [0, 0.05) is 41.4 Å². The lowest BCUT2D eigenvalue weighted by Gasteiger charge is -2.11. The molecule has 0 aliphatic carbocycles. The molecule has 0 bridgehead atoms. The number of unbranched alkanes of at least 4 members (excludes halogenated alkanes) is 1. The van der Waals surface area contributed by atoms with E-state index in [0.29, 0.717) is 35.6 Å². The van der Waals surface area contributed by atoms with Crippen LogP contribution in [0.1, 0.15) is 36.7 Å². The van der Waals surface area contributed by atoms with Crippen LogP contribution in [0.2, 0.25) is 0 Å². The zero-order chi connectivity index (χ0) is 29.3. The second kappa shape index (κ2) is 11.1. The van der Waals surface area contributed by atoms with E-state index in [2.05, 4.69) is 38.2 Å². The number of nitrogen functional groups attached to an aromatic ring is 1. The van der Waals surface area contributed by atoms with Crippen molar-refractivity contribution in [3.63, 3.8) is 0 Å². The van der Waals surface area contributed by atoms with Gasteiger partial charge in [0.2, 0.25) is 0 Å². The summed E-state index contributed by atoms with van der Waals surface area (Å²) >= 11 is 0. The molecule has 0 atom stereocenters. The monoisotopic (exact) mass is 570 g/mol. The summed E-state index contributed by atoms with van der Waals surface area (Å²) in [6.45, 7) is 3.07. The summed E-state index contributed by atoms with van der Waals surface area (Å²) in [5.41, 5.74) is 12.6. The lowest BCUT2D eigenvalue weighted by Crippen LogP contribution is -2.23. The van der Waals surface area contributed by atoms with Crippen molar-refractivity contribution >= 4 is 27.7 Å². The number of furan rings is 1. The molecule has 0 saturated carbocycles. The average molecular weight is 571 g/mol. The topological polar surface area (TPSA) is 133 Å². The normalized spacial score (nSPS) is 11.6. The second-order valence-electron chi connectivity index (χ2n) is 10.7. The summed E-state index contributed by atoms with van der Waals surface area (Å²) in [5.74, 6) is 2.20. The average Bonchev–Trinajstić information content (AvgIpc) is 3.78. The predicted octanol–water partition coefficient (Wildman–Crippen LogP) is 5.81. The van der Waals surface area contributed by atoms with Gasteiger partial charge in [-0.1, -0.05) is 61.9 Å². The molecule has 0 aliphatic rings. The molecule has 0 spiro atoms. The lowest BCUT2D eigenvalue weighted by atomic mass is 10.0. The number of aromatic nitrogens is 7. The Morgan fingerprint density at radius 2 is 1.79 bits per heavy atom. The van der Waals surface area contributed by atoms with Crippen molar-refractivity contribution in [1.82, 2.24) is 34.7 Å². The largest absolute Gasteiger partial charge is 0.456 e. The number of rotatable bonds is 9. The molecular weight excluding hydrogens is 540 g/mol. The fourth-order valence-corrected chi connectivity index (χ4v) is 5.59. The molecule has 7 rings (SSSR count). The zero-order valence-electron chi connectivity index (χ0n) is 23.7. The molecule has 4 aromatic heterocycles. The Morgan fingerprint density at radius 1 is 0.953 bits per heavy atom. The number of benzene rings is 3. The first-order chi connectivity index (χ1) is 21.1. The van der Waals surface area contributed by atoms with Crippen LogP contribution in [-0.4, -0.2) is 34.7 Å². The molecule has 3 aromatic carbocycles. The van der Waals surface area contributed by atoms with Gasteiger partial charge in [-0.3, -0.25) is 4.79 Å². The zero-order valence-corrected chi connectivity index (χ0v) is 23.7. The van der Waals surface area contributed by atoms with Crippen molar-refractivity contribution in [3.05, 3.63) is 112 Å². The maximum atomic E-state index is 13.9. The molecule has 7 aromatic rings. The number of nitrogens with zero attached hydrogens (tertiary/aromatic N) is 6. The Hall–Kier alpha value is -5.51. The number of aromatic amines is 1. The third-order valence-electron chi connectivity index (χ3n) is 7.81. The number of anilines is 1. The summed E-state index contributed by atoms with van der Waals surface area (Å²) in [7, 11) is 0. The van der Waals surface area contributed by atoms with Crippen molar-refractivity contribution in [2.75, 3.05) is 5.73 Å². The molecule has 0 fully saturated rings. The molecule has 0 aliphatic heterocycles. The maximum Gasteiger partial charge on any atom is 0.277 e. The van der Waals surface area contributed by atoms with Gasteiger partial charge in [-0.15, -0.1) is 5.10 Å². The van der Waals surface area contributed by atoms with Gasteiger partial charge in [0.1, 0.15) is 22.7 Å². The molecule has 0 unspecified atom stereocenters. The highest BCUT2D eigenvalue weighted by atomic mass is 16.3. The van der Waals surface area contributed by atoms with E-state index in [0.717, 1.165) is 64.1 Å². The number of imidazole rings is 1. The molecule has 4 heterocycles. The van der Waals surface area contributed by atoms with Crippen LogP contribution in [-0.2, 0) is 19.5 Å². The fourth-order valence-electron chi connectivity index (χ4n) is 5.59. The Kier molecular flexibility index (Phi) is 6.78. The molecule has 214 valence electrons. The summed E-state index contributed by atoms with van der Waals surface area (Å²) in [5, 5.41) is 15.3. The highest BCUT2D eigenvalue weighted by Crippen LogP contribution is 2.34. The number of para-hydroxylation sites is 1. The van der Waals surface area contributed by atoms with E-state index in [-0.39, 0.29) is 5.56 Å². The molecule has 0 saturated heterocycles. The quantitative estimate of drug-likeness (QED) is 0.209. The van der Waals surface area contributed by atoms with Crippen molar-refractivity contribution in [2.45, 2.75) is 39.3 Å². The van der Waals surface area contributed by atoms with E-state index in [4.69, 9.17) is 15.1 Å². The van der Waals surface area contributed by atoms with Crippen LogP contribution in [0.4, 0.5) is 5.69 Å². The van der Waals surface area contributed by atoms with Crippen LogP contribution < -0.4 is 11.3 Å². The highest BCUT2D eigenvalue weighted by molar-refractivity contribution is 5.87. The van der Waals surface area contributed by atoms with Gasteiger partial charge in [-0.25, -0.2) is 10.1 Å². The van der Waals surface area contributed by atoms with E-state index in [1.165, 1.54) is 0 Å². The van der Waals surface area contributed by atoms with Crippen LogP contribution in [0.5, 0.6) is 0 Å². The first-order valence-corrected chi connectivity index (χ1v) is 14.4. The number of nitrogens with two attached hydrogens (primary N) is 1. The maximum absolute atomic E-state index is 13.9. The second-order valence-corrected chi connectivity index (χ2v) is 10.7. The molecule has 3 N–H and O–H groups in total. The molecule has 10 nitrogen and oxygen atoms in total. The number of nitrogens with one attached hydrogen (secondary N) is 1. The smallest absolute Gasteiger partial charge is 0.277 e. The predicted molar refractivity (Wildman–Crippen MR) is 166 cm³/mol. The van der Waals surface area contributed by atoms with E-state index >= 15 is 0 Å². The van der Waals surface area contributed by atoms with Gasteiger partial charge in [0.15, 0.2) is 5.82 Å². The minimum absolute atomic E-state index is 0.0822. The SMILES string of the molecule is CCCCc1nc2ccn(Cc3ccccc3N)c(=O)c2n1Cc1ccc2oc(-c3ccccc3-c3nnn[nH]3)cc2c1. The van der Waals surface area contributed by atoms with Crippen LogP contribution in [0.25, 0.3) is 44.7 Å². The number of pyridine rings is 1. The Labute approximate surface area is 246 Å². The fraction of sp³-hybridized carbons (Fsp3) is 0.182. The Balaban J connectivity index is 1.27. The molecular formula is C33H30N8O2. The standard InChI is InChI=1S/C33H30N8O2/c1-2-3-12-30-35-27-15-16-40(20-22-8-4-7-11-26(22)34)33(42)31(27)41(30)19-21-13-14-28-23(17-21)18-29(43-28)24-9-5-6-10-25(24)32-36-38-39-37-32/h4-11,13-18H,2-3,12,19-20,34H2,1H3,(H,36,37,38,39). The van der Waals surface area contributed by atoms with Crippen molar-refractivity contribution < 1.29 is 4.42 Å². The van der Waals surface area contributed by atoms with Gasteiger partial charge < -0.3 is 19.3 Å².